The van der Waals surface area contributed by atoms with Gasteiger partial charge in [-0.1, -0.05) is 290 Å². The molecule has 0 aromatic rings. The molecule has 63 heavy (non-hydrogen) atoms. The number of carbonyl (C=O) groups excluding carboxylic acids is 3. The van der Waals surface area contributed by atoms with E-state index in [0.717, 1.165) is 64.2 Å². The molecule has 1 atom stereocenters. The van der Waals surface area contributed by atoms with Crippen LogP contribution in [0.3, 0.4) is 0 Å². The highest BCUT2D eigenvalue weighted by molar-refractivity contribution is 5.71. The first-order valence-corrected chi connectivity index (χ1v) is 28.5. The summed E-state index contributed by atoms with van der Waals surface area (Å²) in [7, 11) is 0. The smallest absolute Gasteiger partial charge is 0.306 e. The van der Waals surface area contributed by atoms with Crippen LogP contribution in [0.4, 0.5) is 0 Å². The summed E-state index contributed by atoms with van der Waals surface area (Å²) in [6.45, 7) is 6.62. The van der Waals surface area contributed by atoms with E-state index in [4.69, 9.17) is 14.2 Å². The monoisotopic (exact) mass is 891 g/mol. The molecular formula is C57H110O6. The summed E-state index contributed by atoms with van der Waals surface area (Å²) >= 11 is 0. The lowest BCUT2D eigenvalue weighted by Crippen LogP contribution is -2.30. The Morgan fingerprint density at radius 1 is 0.254 bits per heavy atom. The number of ether oxygens (including phenoxy) is 3. The van der Waals surface area contributed by atoms with E-state index in [1.807, 2.05) is 0 Å². The predicted molar refractivity (Wildman–Crippen MR) is 270 cm³/mol. The van der Waals surface area contributed by atoms with Crippen molar-refractivity contribution < 1.29 is 28.6 Å². The molecule has 0 spiro atoms. The Hall–Kier alpha value is -1.59. The lowest BCUT2D eigenvalue weighted by molar-refractivity contribution is -0.167. The highest BCUT2D eigenvalue weighted by atomic mass is 16.6. The van der Waals surface area contributed by atoms with Crippen molar-refractivity contribution in [3.8, 4) is 0 Å². The zero-order chi connectivity index (χ0) is 45.8. The van der Waals surface area contributed by atoms with Crippen LogP contribution in [0, 0.1) is 0 Å². The fourth-order valence-corrected chi connectivity index (χ4v) is 8.80. The van der Waals surface area contributed by atoms with Gasteiger partial charge >= 0.3 is 17.9 Å². The van der Waals surface area contributed by atoms with Crippen LogP contribution >= 0.6 is 0 Å². The van der Waals surface area contributed by atoms with Gasteiger partial charge in [0.25, 0.3) is 0 Å². The molecule has 1 unspecified atom stereocenters. The lowest BCUT2D eigenvalue weighted by atomic mass is 10.0. The minimum Gasteiger partial charge on any atom is -0.462 e. The third-order valence-corrected chi connectivity index (χ3v) is 13.1. The number of rotatable bonds is 53. The van der Waals surface area contributed by atoms with Gasteiger partial charge in [-0.05, 0) is 19.3 Å². The fraction of sp³-hybridized carbons (Fsp3) is 0.947. The normalized spacial score (nSPS) is 11.9. The molecule has 0 bridgehead atoms. The van der Waals surface area contributed by atoms with E-state index in [-0.39, 0.29) is 31.1 Å². The average Bonchev–Trinajstić information content (AvgIpc) is 3.28. The molecule has 0 aliphatic rings. The molecule has 0 radical (unpaired) electrons. The third kappa shape index (κ3) is 51.3. The molecule has 0 N–H and O–H groups in total. The van der Waals surface area contributed by atoms with E-state index in [0.29, 0.717) is 19.3 Å². The molecule has 6 heteroatoms. The zero-order valence-corrected chi connectivity index (χ0v) is 42.9. The minimum absolute atomic E-state index is 0.0627. The molecule has 0 aromatic carbocycles. The fourth-order valence-electron chi connectivity index (χ4n) is 8.80. The van der Waals surface area contributed by atoms with Crippen LogP contribution in [0.2, 0.25) is 0 Å². The highest BCUT2D eigenvalue weighted by Crippen LogP contribution is 2.18. The van der Waals surface area contributed by atoms with Gasteiger partial charge in [-0.15, -0.1) is 0 Å². The molecule has 0 saturated heterocycles. The number of esters is 3. The Morgan fingerprint density at radius 3 is 0.635 bits per heavy atom. The Balaban J connectivity index is 4.01. The molecule has 0 amide bonds. The largest absolute Gasteiger partial charge is 0.462 e. The SMILES string of the molecule is CCCCCCCCCCCCCCCCCCCCCCCCCC(=O)OCC(COC(=O)CCCCCCC)OC(=O)CCCCCCCCCCCCCCCCCCC. The van der Waals surface area contributed by atoms with E-state index < -0.39 is 6.10 Å². The quantitative estimate of drug-likeness (QED) is 0.0344. The summed E-state index contributed by atoms with van der Waals surface area (Å²) < 4.78 is 16.7. The molecular weight excluding hydrogens is 781 g/mol. The van der Waals surface area contributed by atoms with Crippen LogP contribution in [0.1, 0.15) is 329 Å². The second kappa shape index (κ2) is 53.0. The van der Waals surface area contributed by atoms with Crippen molar-refractivity contribution >= 4 is 17.9 Å². The molecule has 0 rings (SSSR count). The summed E-state index contributed by atoms with van der Waals surface area (Å²) in [5, 5.41) is 0. The Bertz CT molecular complexity index is 936. The van der Waals surface area contributed by atoms with Crippen molar-refractivity contribution in [1.82, 2.24) is 0 Å². The Kier molecular flexibility index (Phi) is 51.7. The number of hydrogen-bond donors (Lipinski definition) is 0. The van der Waals surface area contributed by atoms with Crippen LogP contribution in [0.15, 0.2) is 0 Å². The van der Waals surface area contributed by atoms with E-state index >= 15 is 0 Å². The van der Waals surface area contributed by atoms with Crippen molar-refractivity contribution in [3.63, 3.8) is 0 Å². The van der Waals surface area contributed by atoms with Crippen molar-refractivity contribution in [2.24, 2.45) is 0 Å². The van der Waals surface area contributed by atoms with Gasteiger partial charge in [0, 0.05) is 19.3 Å². The zero-order valence-electron chi connectivity index (χ0n) is 42.9. The molecule has 0 heterocycles. The van der Waals surface area contributed by atoms with Gasteiger partial charge in [-0.25, -0.2) is 0 Å². The maximum Gasteiger partial charge on any atom is 0.306 e. The molecule has 0 aliphatic carbocycles. The second-order valence-electron chi connectivity index (χ2n) is 19.6. The average molecular weight is 892 g/mol. The Morgan fingerprint density at radius 2 is 0.429 bits per heavy atom. The predicted octanol–water partition coefficient (Wildman–Crippen LogP) is 18.8. The summed E-state index contributed by atoms with van der Waals surface area (Å²) in [6.07, 6.45) is 58.6. The summed E-state index contributed by atoms with van der Waals surface area (Å²) in [5.74, 6) is -0.852. The molecule has 0 aromatic heterocycles. The van der Waals surface area contributed by atoms with Crippen molar-refractivity contribution in [2.45, 2.75) is 335 Å². The molecule has 374 valence electrons. The molecule has 6 nitrogen and oxygen atoms in total. The van der Waals surface area contributed by atoms with Crippen LogP contribution in [0.25, 0.3) is 0 Å². The standard InChI is InChI=1S/C57H110O6/c1-4-7-10-13-15-17-19-21-23-25-26-27-28-29-30-32-33-35-37-39-41-44-47-50-56(59)62-53-54(52-61-55(58)49-46-43-12-9-6-3)63-57(60)51-48-45-42-40-38-36-34-31-24-22-20-18-16-14-11-8-5-2/h54H,4-53H2,1-3H3. The van der Waals surface area contributed by atoms with E-state index in [2.05, 4.69) is 20.8 Å². The van der Waals surface area contributed by atoms with Gasteiger partial charge in [-0.2, -0.15) is 0 Å². The van der Waals surface area contributed by atoms with Gasteiger partial charge in [-0.3, -0.25) is 14.4 Å². The summed E-state index contributed by atoms with van der Waals surface area (Å²) in [6, 6.07) is 0. The van der Waals surface area contributed by atoms with E-state index in [1.165, 1.54) is 225 Å². The number of carbonyl (C=O) groups is 3. The summed E-state index contributed by atoms with van der Waals surface area (Å²) in [4.78, 5) is 37.7. The maximum absolute atomic E-state index is 12.8. The Labute approximate surface area is 393 Å². The topological polar surface area (TPSA) is 78.9 Å². The molecule has 0 saturated carbocycles. The number of hydrogen-bond acceptors (Lipinski definition) is 6. The third-order valence-electron chi connectivity index (χ3n) is 13.1. The van der Waals surface area contributed by atoms with Gasteiger partial charge in [0.2, 0.25) is 0 Å². The van der Waals surface area contributed by atoms with Gasteiger partial charge in [0.05, 0.1) is 0 Å². The van der Waals surface area contributed by atoms with Crippen molar-refractivity contribution in [1.29, 1.82) is 0 Å². The maximum atomic E-state index is 12.8. The van der Waals surface area contributed by atoms with Gasteiger partial charge in [0.1, 0.15) is 13.2 Å². The van der Waals surface area contributed by atoms with Crippen LogP contribution in [-0.2, 0) is 28.6 Å². The van der Waals surface area contributed by atoms with Crippen LogP contribution in [-0.4, -0.2) is 37.2 Å². The van der Waals surface area contributed by atoms with Crippen molar-refractivity contribution in [2.75, 3.05) is 13.2 Å². The van der Waals surface area contributed by atoms with E-state index in [1.54, 1.807) is 0 Å². The van der Waals surface area contributed by atoms with Crippen LogP contribution in [0.5, 0.6) is 0 Å². The first-order valence-electron chi connectivity index (χ1n) is 28.5. The first kappa shape index (κ1) is 61.4. The van der Waals surface area contributed by atoms with E-state index in [9.17, 15) is 14.4 Å². The van der Waals surface area contributed by atoms with Crippen LogP contribution < -0.4 is 0 Å². The van der Waals surface area contributed by atoms with Gasteiger partial charge in [0.15, 0.2) is 6.10 Å². The highest BCUT2D eigenvalue weighted by Gasteiger charge is 2.19. The van der Waals surface area contributed by atoms with Gasteiger partial charge < -0.3 is 14.2 Å². The second-order valence-corrected chi connectivity index (χ2v) is 19.6. The first-order chi connectivity index (χ1) is 31.0. The minimum atomic E-state index is -0.759. The summed E-state index contributed by atoms with van der Waals surface area (Å²) in [5.41, 5.74) is 0. The molecule has 0 aliphatic heterocycles. The number of unbranched alkanes of at least 4 members (excludes halogenated alkanes) is 42. The molecule has 0 fully saturated rings. The lowest BCUT2D eigenvalue weighted by Gasteiger charge is -2.18. The van der Waals surface area contributed by atoms with Crippen molar-refractivity contribution in [3.05, 3.63) is 0 Å².